The number of hydrogen-bond donors (Lipinski definition) is 1. The van der Waals surface area contributed by atoms with Crippen LogP contribution in [0.5, 0.6) is 0 Å². The number of aromatic carboxylic acids is 1. The largest absolute Gasteiger partial charge is 0.477 e. The summed E-state index contributed by atoms with van der Waals surface area (Å²) in [5.41, 5.74) is 1.64. The lowest BCUT2D eigenvalue weighted by Gasteiger charge is -2.38. The van der Waals surface area contributed by atoms with Crippen molar-refractivity contribution in [2.45, 2.75) is 33.4 Å². The number of nitrogens with zero attached hydrogens (tertiary/aromatic N) is 3. The molecule has 0 radical (unpaired) electrons. The molecule has 0 bridgehead atoms. The average Bonchev–Trinajstić information content (AvgIpc) is 2.91. The fourth-order valence-electron chi connectivity index (χ4n) is 3.58. The maximum Gasteiger partial charge on any atom is 0.341 e. The summed E-state index contributed by atoms with van der Waals surface area (Å²) < 4.78 is 3.88. The fraction of sp³-hybridized carbons (Fsp3) is 0.316. The topological polar surface area (TPSA) is 77.1 Å². The lowest BCUT2D eigenvalue weighted by atomic mass is 9.85. The van der Waals surface area contributed by atoms with Gasteiger partial charge in [0.15, 0.2) is 5.43 Å². The summed E-state index contributed by atoms with van der Waals surface area (Å²) in [7, 11) is 0. The summed E-state index contributed by atoms with van der Waals surface area (Å²) in [6, 6.07) is 9.22. The molecule has 128 valence electrons. The molecule has 0 saturated carbocycles. The molecule has 6 nitrogen and oxygen atoms in total. The van der Waals surface area contributed by atoms with E-state index in [4.69, 9.17) is 0 Å². The molecule has 1 aromatic carbocycles. The van der Waals surface area contributed by atoms with Crippen LogP contribution in [0.3, 0.4) is 0 Å². The van der Waals surface area contributed by atoms with Gasteiger partial charge in [-0.3, -0.25) is 9.48 Å². The third-order valence-corrected chi connectivity index (χ3v) is 4.88. The summed E-state index contributed by atoms with van der Waals surface area (Å²) in [6.45, 7) is 6.94. The number of benzene rings is 1. The highest BCUT2D eigenvalue weighted by Gasteiger charge is 2.35. The van der Waals surface area contributed by atoms with Crippen molar-refractivity contribution in [2.24, 2.45) is 5.41 Å². The van der Waals surface area contributed by atoms with E-state index < -0.39 is 11.4 Å². The zero-order valence-corrected chi connectivity index (χ0v) is 14.4. The van der Waals surface area contributed by atoms with Gasteiger partial charge in [0, 0.05) is 17.6 Å². The number of pyridine rings is 1. The minimum absolute atomic E-state index is 0.0111. The molecular weight excluding hydrogens is 318 g/mol. The van der Waals surface area contributed by atoms with Gasteiger partial charge in [0.05, 0.1) is 29.5 Å². The first-order valence-corrected chi connectivity index (χ1v) is 8.23. The Balaban J connectivity index is 2.09. The van der Waals surface area contributed by atoms with E-state index in [0.717, 1.165) is 22.3 Å². The van der Waals surface area contributed by atoms with Gasteiger partial charge < -0.3 is 9.67 Å². The van der Waals surface area contributed by atoms with Crippen LogP contribution >= 0.6 is 0 Å². The Morgan fingerprint density at radius 3 is 2.68 bits per heavy atom. The molecule has 0 saturated heterocycles. The van der Waals surface area contributed by atoms with Gasteiger partial charge in [-0.15, -0.1) is 0 Å². The highest BCUT2D eigenvalue weighted by Crippen LogP contribution is 2.41. The zero-order chi connectivity index (χ0) is 17.9. The number of aromatic nitrogens is 3. The van der Waals surface area contributed by atoms with Crippen LogP contribution in [0.25, 0.3) is 22.3 Å². The van der Waals surface area contributed by atoms with Gasteiger partial charge in [0.2, 0.25) is 0 Å². The van der Waals surface area contributed by atoms with Crippen molar-refractivity contribution < 1.29 is 9.90 Å². The fourth-order valence-corrected chi connectivity index (χ4v) is 3.58. The summed E-state index contributed by atoms with van der Waals surface area (Å²) in [5, 5.41) is 15.0. The molecule has 0 unspecified atom stereocenters. The predicted octanol–water partition coefficient (Wildman–Crippen LogP) is 3.16. The summed E-state index contributed by atoms with van der Waals surface area (Å²) >= 11 is 0. The van der Waals surface area contributed by atoms with E-state index in [-0.39, 0.29) is 17.0 Å². The van der Waals surface area contributed by atoms with Gasteiger partial charge in [-0.1, -0.05) is 39.0 Å². The molecule has 6 heteroatoms. The molecule has 25 heavy (non-hydrogen) atoms. The Bertz CT molecular complexity index is 1070. The number of carbonyl (C=O) groups is 1. The predicted molar refractivity (Wildman–Crippen MR) is 94.9 cm³/mol. The molecule has 1 aliphatic rings. The van der Waals surface area contributed by atoms with Crippen LogP contribution in [-0.2, 0) is 6.54 Å². The average molecular weight is 337 g/mol. The van der Waals surface area contributed by atoms with Crippen molar-refractivity contribution in [3.05, 3.63) is 52.3 Å². The second-order valence-electron chi connectivity index (χ2n) is 7.58. The smallest absolute Gasteiger partial charge is 0.341 e. The Hall–Kier alpha value is -2.89. The third kappa shape index (κ3) is 2.28. The minimum Gasteiger partial charge on any atom is -0.477 e. The van der Waals surface area contributed by atoms with Crippen LogP contribution < -0.4 is 5.43 Å². The van der Waals surface area contributed by atoms with Gasteiger partial charge in [-0.05, 0) is 11.5 Å². The van der Waals surface area contributed by atoms with E-state index in [1.54, 1.807) is 0 Å². The van der Waals surface area contributed by atoms with E-state index in [1.807, 2.05) is 33.5 Å². The molecule has 3 heterocycles. The van der Waals surface area contributed by atoms with Crippen LogP contribution in [0.4, 0.5) is 0 Å². The van der Waals surface area contributed by atoms with Crippen LogP contribution in [-0.4, -0.2) is 25.4 Å². The van der Waals surface area contributed by atoms with E-state index >= 15 is 0 Å². The maximum absolute atomic E-state index is 12.3. The van der Waals surface area contributed by atoms with E-state index in [1.165, 1.54) is 12.3 Å². The van der Waals surface area contributed by atoms with Gasteiger partial charge in [-0.2, -0.15) is 5.10 Å². The molecule has 1 atom stereocenters. The first-order chi connectivity index (χ1) is 11.8. The normalized spacial score (nSPS) is 16.5. The molecule has 1 aliphatic heterocycles. The Kier molecular flexibility index (Phi) is 3.16. The number of carboxylic acid groups (broad SMARTS) is 1. The van der Waals surface area contributed by atoms with Crippen molar-refractivity contribution in [3.63, 3.8) is 0 Å². The van der Waals surface area contributed by atoms with Gasteiger partial charge in [-0.25, -0.2) is 4.79 Å². The van der Waals surface area contributed by atoms with Gasteiger partial charge in [0.25, 0.3) is 0 Å². The molecule has 0 aliphatic carbocycles. The Morgan fingerprint density at radius 1 is 1.28 bits per heavy atom. The molecule has 0 amide bonds. The van der Waals surface area contributed by atoms with Crippen molar-refractivity contribution in [2.75, 3.05) is 0 Å². The number of rotatable bonds is 1. The van der Waals surface area contributed by atoms with Crippen molar-refractivity contribution >= 4 is 16.9 Å². The van der Waals surface area contributed by atoms with Crippen molar-refractivity contribution in [1.29, 1.82) is 0 Å². The van der Waals surface area contributed by atoms with Crippen LogP contribution in [0.2, 0.25) is 0 Å². The highest BCUT2D eigenvalue weighted by atomic mass is 16.4. The first-order valence-electron chi connectivity index (χ1n) is 8.23. The summed E-state index contributed by atoms with van der Waals surface area (Å²) in [5.74, 6) is -1.20. The van der Waals surface area contributed by atoms with E-state index in [0.29, 0.717) is 6.54 Å². The summed E-state index contributed by atoms with van der Waals surface area (Å²) in [4.78, 5) is 23.8. The van der Waals surface area contributed by atoms with Crippen LogP contribution in [0.15, 0.2) is 41.3 Å². The van der Waals surface area contributed by atoms with Crippen molar-refractivity contribution in [1.82, 2.24) is 14.3 Å². The standard InChI is InChI=1S/C19H19N3O3/c1-19(2,3)16-10-22-17(11-6-4-5-7-13(11)20-22)14-8-15(23)12(18(24)25)9-21(14)16/h4-9,16H,10H2,1-3H3,(H,24,25)/t16-/m1/s1. The Morgan fingerprint density at radius 2 is 2.00 bits per heavy atom. The molecule has 0 fully saturated rings. The molecule has 0 spiro atoms. The second kappa shape index (κ2) is 5.05. The third-order valence-electron chi connectivity index (χ3n) is 4.88. The van der Waals surface area contributed by atoms with Crippen LogP contribution in [0, 0.1) is 5.41 Å². The maximum atomic E-state index is 12.3. The highest BCUT2D eigenvalue weighted by molar-refractivity contribution is 5.93. The molecule has 1 N–H and O–H groups in total. The number of hydrogen-bond acceptors (Lipinski definition) is 3. The van der Waals surface area contributed by atoms with E-state index in [2.05, 4.69) is 25.9 Å². The summed E-state index contributed by atoms with van der Waals surface area (Å²) in [6.07, 6.45) is 1.49. The lowest BCUT2D eigenvalue weighted by Crippen LogP contribution is -2.35. The Labute approximate surface area is 144 Å². The van der Waals surface area contributed by atoms with Gasteiger partial charge >= 0.3 is 5.97 Å². The molecule has 2 aromatic heterocycles. The first kappa shape index (κ1) is 15.6. The lowest BCUT2D eigenvalue weighted by molar-refractivity contribution is 0.0693. The second-order valence-corrected chi connectivity index (χ2v) is 7.58. The minimum atomic E-state index is -1.20. The van der Waals surface area contributed by atoms with Crippen LogP contribution in [0.1, 0.15) is 37.2 Å². The monoisotopic (exact) mass is 337 g/mol. The SMILES string of the molecule is CC(C)(C)[C@H]1Cn2nc3ccccc3c2-c2cc(=O)c(C(=O)O)cn21. The van der Waals surface area contributed by atoms with Crippen molar-refractivity contribution in [3.8, 4) is 11.4 Å². The quantitative estimate of drug-likeness (QED) is 0.740. The number of fused-ring (bicyclic) bond motifs is 5. The molecule has 4 rings (SSSR count). The van der Waals surface area contributed by atoms with Gasteiger partial charge in [0.1, 0.15) is 5.56 Å². The molecule has 3 aromatic rings. The van der Waals surface area contributed by atoms with E-state index in [9.17, 15) is 14.7 Å². The zero-order valence-electron chi connectivity index (χ0n) is 14.4. The molecular formula is C19H19N3O3. The number of carboxylic acids is 1.